The fourth-order valence-corrected chi connectivity index (χ4v) is 2.23. The van der Waals surface area contributed by atoms with Crippen molar-refractivity contribution in [1.29, 1.82) is 0 Å². The Morgan fingerprint density at radius 2 is 2.17 bits per heavy atom. The molecule has 1 atom stereocenters. The summed E-state index contributed by atoms with van der Waals surface area (Å²) in [5.41, 5.74) is 8.07. The molecule has 0 saturated carbocycles. The molecule has 2 N–H and O–H groups in total. The van der Waals surface area contributed by atoms with E-state index in [2.05, 4.69) is 40.7 Å². The summed E-state index contributed by atoms with van der Waals surface area (Å²) in [6.07, 6.45) is 1.13. The lowest BCUT2D eigenvalue weighted by molar-refractivity contribution is 0.118. The van der Waals surface area contributed by atoms with Gasteiger partial charge in [0.05, 0.1) is 6.61 Å². The minimum absolute atomic E-state index is 0.531. The van der Waals surface area contributed by atoms with Gasteiger partial charge in [-0.05, 0) is 31.0 Å². The first kappa shape index (κ1) is 15.5. The highest BCUT2D eigenvalue weighted by atomic mass is 79.9. The molecule has 0 fully saturated rings. The topological polar surface area (TPSA) is 38.5 Å². The quantitative estimate of drug-likeness (QED) is 0.785. The number of rotatable bonds is 7. The number of benzene rings is 1. The van der Waals surface area contributed by atoms with Crippen LogP contribution in [0.15, 0.2) is 22.7 Å². The van der Waals surface area contributed by atoms with Crippen LogP contribution in [-0.2, 0) is 11.3 Å². The van der Waals surface area contributed by atoms with E-state index < -0.39 is 0 Å². The third-order valence-corrected chi connectivity index (χ3v) is 3.77. The molecule has 1 rings (SSSR count). The molecular formula is C14H23BrN2O. The van der Waals surface area contributed by atoms with E-state index >= 15 is 0 Å². The zero-order valence-electron chi connectivity index (χ0n) is 11.4. The van der Waals surface area contributed by atoms with Crippen LogP contribution in [-0.4, -0.2) is 31.2 Å². The van der Waals surface area contributed by atoms with Gasteiger partial charge in [-0.2, -0.15) is 0 Å². The third-order valence-electron chi connectivity index (χ3n) is 3.28. The number of nitrogens with zero attached hydrogens (tertiary/aromatic N) is 1. The molecule has 0 saturated heterocycles. The predicted octanol–water partition coefficient (Wildman–Crippen LogP) is 3.28. The Hall–Kier alpha value is -0.580. The highest BCUT2D eigenvalue weighted by molar-refractivity contribution is 9.10. The summed E-state index contributed by atoms with van der Waals surface area (Å²) in [6.45, 7) is 7.00. The minimum Gasteiger partial charge on any atom is -0.398 e. The van der Waals surface area contributed by atoms with E-state index in [0.29, 0.717) is 6.04 Å². The second kappa shape index (κ2) is 7.77. The molecule has 4 heteroatoms. The molecule has 1 aromatic carbocycles. The van der Waals surface area contributed by atoms with E-state index in [4.69, 9.17) is 10.5 Å². The first-order valence-corrected chi connectivity index (χ1v) is 7.14. The summed E-state index contributed by atoms with van der Waals surface area (Å²) >= 11 is 3.43. The Morgan fingerprint density at radius 3 is 2.72 bits per heavy atom. The number of methoxy groups -OCH3 is 1. The van der Waals surface area contributed by atoms with Crippen LogP contribution in [0.3, 0.4) is 0 Å². The molecule has 0 aromatic heterocycles. The highest BCUT2D eigenvalue weighted by Crippen LogP contribution is 2.21. The van der Waals surface area contributed by atoms with Crippen molar-refractivity contribution >= 4 is 21.6 Å². The second-order valence-electron chi connectivity index (χ2n) is 4.56. The van der Waals surface area contributed by atoms with Gasteiger partial charge in [-0.15, -0.1) is 0 Å². The fraction of sp³-hybridized carbons (Fsp3) is 0.571. The monoisotopic (exact) mass is 314 g/mol. The van der Waals surface area contributed by atoms with Crippen molar-refractivity contribution in [3.8, 4) is 0 Å². The lowest BCUT2D eigenvalue weighted by Gasteiger charge is -2.28. The van der Waals surface area contributed by atoms with Crippen LogP contribution in [0, 0.1) is 0 Å². The van der Waals surface area contributed by atoms with Gasteiger partial charge in [-0.1, -0.05) is 28.9 Å². The average Bonchev–Trinajstić information content (AvgIpc) is 2.36. The Bertz CT molecular complexity index is 371. The Morgan fingerprint density at radius 1 is 1.44 bits per heavy atom. The number of halogens is 1. The molecule has 102 valence electrons. The van der Waals surface area contributed by atoms with E-state index in [1.165, 1.54) is 5.56 Å². The zero-order valence-corrected chi connectivity index (χ0v) is 13.0. The maximum atomic E-state index is 6.05. The number of anilines is 1. The number of nitrogens with two attached hydrogens (primary N) is 1. The number of hydrogen-bond donors (Lipinski definition) is 1. The normalized spacial score (nSPS) is 12.9. The standard InChI is InChI=1S/C14H23BrN2O/c1-4-11(2)17(7-8-18-3)10-12-5-6-13(15)9-14(12)16/h5-6,9,11H,4,7-8,10,16H2,1-3H3. The zero-order chi connectivity index (χ0) is 13.5. The highest BCUT2D eigenvalue weighted by Gasteiger charge is 2.13. The lowest BCUT2D eigenvalue weighted by atomic mass is 10.1. The van der Waals surface area contributed by atoms with Gasteiger partial charge in [0.25, 0.3) is 0 Å². The van der Waals surface area contributed by atoms with Gasteiger partial charge < -0.3 is 10.5 Å². The molecular weight excluding hydrogens is 292 g/mol. The van der Waals surface area contributed by atoms with Crippen molar-refractivity contribution in [3.63, 3.8) is 0 Å². The Labute approximate surface area is 118 Å². The molecule has 0 amide bonds. The van der Waals surface area contributed by atoms with E-state index in [1.54, 1.807) is 7.11 Å². The van der Waals surface area contributed by atoms with Crippen LogP contribution < -0.4 is 5.73 Å². The van der Waals surface area contributed by atoms with Crippen LogP contribution in [0.2, 0.25) is 0 Å². The Balaban J connectivity index is 2.75. The van der Waals surface area contributed by atoms with E-state index in [1.807, 2.05) is 12.1 Å². The molecule has 1 unspecified atom stereocenters. The van der Waals surface area contributed by atoms with Crippen molar-refractivity contribution < 1.29 is 4.74 Å². The molecule has 1 aromatic rings. The maximum Gasteiger partial charge on any atom is 0.0589 e. The molecule has 0 spiro atoms. The first-order valence-electron chi connectivity index (χ1n) is 6.35. The van der Waals surface area contributed by atoms with Crippen LogP contribution in [0.1, 0.15) is 25.8 Å². The summed E-state index contributed by atoms with van der Waals surface area (Å²) in [4.78, 5) is 2.41. The van der Waals surface area contributed by atoms with Gasteiger partial charge in [0, 0.05) is 36.4 Å². The Kier molecular flexibility index (Phi) is 6.68. The van der Waals surface area contributed by atoms with Crippen molar-refractivity contribution in [3.05, 3.63) is 28.2 Å². The second-order valence-corrected chi connectivity index (χ2v) is 5.48. The third kappa shape index (κ3) is 4.59. The van der Waals surface area contributed by atoms with E-state index in [-0.39, 0.29) is 0 Å². The predicted molar refractivity (Wildman–Crippen MR) is 80.6 cm³/mol. The smallest absolute Gasteiger partial charge is 0.0589 e. The van der Waals surface area contributed by atoms with Gasteiger partial charge in [0.2, 0.25) is 0 Å². The molecule has 18 heavy (non-hydrogen) atoms. The number of ether oxygens (including phenoxy) is 1. The summed E-state index contributed by atoms with van der Waals surface area (Å²) in [6, 6.07) is 6.61. The van der Waals surface area contributed by atoms with Gasteiger partial charge in [0.1, 0.15) is 0 Å². The first-order chi connectivity index (χ1) is 8.58. The van der Waals surface area contributed by atoms with Gasteiger partial charge in [-0.25, -0.2) is 0 Å². The van der Waals surface area contributed by atoms with E-state index in [0.717, 1.165) is 36.3 Å². The van der Waals surface area contributed by atoms with E-state index in [9.17, 15) is 0 Å². The summed E-state index contributed by atoms with van der Waals surface area (Å²) < 4.78 is 6.20. The fourth-order valence-electron chi connectivity index (χ4n) is 1.85. The number of nitrogen functional groups attached to an aromatic ring is 1. The number of hydrogen-bond acceptors (Lipinski definition) is 3. The maximum absolute atomic E-state index is 6.05. The molecule has 0 radical (unpaired) electrons. The average molecular weight is 315 g/mol. The molecule has 0 aliphatic rings. The molecule has 0 heterocycles. The van der Waals surface area contributed by atoms with Crippen LogP contribution in [0.5, 0.6) is 0 Å². The molecule has 0 bridgehead atoms. The summed E-state index contributed by atoms with van der Waals surface area (Å²) in [7, 11) is 1.74. The minimum atomic E-state index is 0.531. The van der Waals surface area contributed by atoms with Crippen molar-refractivity contribution in [2.24, 2.45) is 0 Å². The van der Waals surface area contributed by atoms with Gasteiger partial charge in [0.15, 0.2) is 0 Å². The summed E-state index contributed by atoms with van der Waals surface area (Å²) in [5.74, 6) is 0. The SMILES string of the molecule is CCC(C)N(CCOC)Cc1ccc(Br)cc1N. The lowest BCUT2D eigenvalue weighted by Crippen LogP contribution is -2.35. The molecule has 0 aliphatic heterocycles. The van der Waals surface area contributed by atoms with Crippen LogP contribution in [0.4, 0.5) is 5.69 Å². The van der Waals surface area contributed by atoms with Gasteiger partial charge in [-0.3, -0.25) is 4.90 Å². The summed E-state index contributed by atoms with van der Waals surface area (Å²) in [5, 5.41) is 0. The molecule has 0 aliphatic carbocycles. The largest absolute Gasteiger partial charge is 0.398 e. The van der Waals surface area contributed by atoms with Crippen molar-refractivity contribution in [2.45, 2.75) is 32.9 Å². The van der Waals surface area contributed by atoms with Crippen molar-refractivity contribution in [2.75, 3.05) is 26.0 Å². The van der Waals surface area contributed by atoms with Gasteiger partial charge >= 0.3 is 0 Å². The van der Waals surface area contributed by atoms with Crippen LogP contribution >= 0.6 is 15.9 Å². The van der Waals surface area contributed by atoms with Crippen LogP contribution in [0.25, 0.3) is 0 Å². The van der Waals surface area contributed by atoms with Crippen molar-refractivity contribution in [1.82, 2.24) is 4.90 Å². The molecule has 3 nitrogen and oxygen atoms in total.